The van der Waals surface area contributed by atoms with E-state index in [1.165, 1.54) is 4.31 Å². The van der Waals surface area contributed by atoms with Gasteiger partial charge in [-0.05, 0) is 49.8 Å². The van der Waals surface area contributed by atoms with Crippen LogP contribution in [0.2, 0.25) is 0 Å². The molecule has 1 aromatic rings. The van der Waals surface area contributed by atoms with Crippen molar-refractivity contribution in [3.63, 3.8) is 0 Å². The van der Waals surface area contributed by atoms with Crippen LogP contribution in [0.25, 0.3) is 0 Å². The van der Waals surface area contributed by atoms with Gasteiger partial charge in [-0.25, -0.2) is 12.7 Å². The zero-order chi connectivity index (χ0) is 14.8. The Morgan fingerprint density at radius 3 is 2.37 bits per heavy atom. The van der Waals surface area contributed by atoms with Crippen LogP contribution >= 0.6 is 11.8 Å². The summed E-state index contributed by atoms with van der Waals surface area (Å²) < 4.78 is 26.7. The Labute approximate surface area is 120 Å². The number of hydrogen-bond donors (Lipinski definition) is 1. The monoisotopic (exact) mass is 302 g/mol. The Hall–Kier alpha value is -0.720. The van der Waals surface area contributed by atoms with Gasteiger partial charge in [-0.3, -0.25) is 0 Å². The fourth-order valence-electron chi connectivity index (χ4n) is 1.92. The summed E-state index contributed by atoms with van der Waals surface area (Å²) in [6.45, 7) is 5.97. The van der Waals surface area contributed by atoms with Gasteiger partial charge in [0.15, 0.2) is 0 Å². The van der Waals surface area contributed by atoms with Gasteiger partial charge in [0, 0.05) is 25.0 Å². The normalized spacial score (nSPS) is 12.1. The highest BCUT2D eigenvalue weighted by Crippen LogP contribution is 2.29. The van der Waals surface area contributed by atoms with Crippen LogP contribution < -0.4 is 5.73 Å². The van der Waals surface area contributed by atoms with Crippen molar-refractivity contribution in [1.82, 2.24) is 4.31 Å². The molecular weight excluding hydrogens is 280 g/mol. The third kappa shape index (κ3) is 3.24. The fraction of sp³-hybridized carbons (Fsp3) is 0.538. The topological polar surface area (TPSA) is 63.4 Å². The Balaban J connectivity index is 3.37. The zero-order valence-corrected chi connectivity index (χ0v) is 13.8. The van der Waals surface area contributed by atoms with E-state index in [1.807, 2.05) is 26.2 Å². The molecule has 0 aliphatic heterocycles. The maximum Gasteiger partial charge on any atom is 0.243 e. The molecule has 0 saturated carbocycles. The number of hydrogen-bond acceptors (Lipinski definition) is 4. The summed E-state index contributed by atoms with van der Waals surface area (Å²) in [7, 11) is -1.86. The second-order valence-corrected chi connectivity index (χ2v) is 7.65. The first-order chi connectivity index (χ1) is 8.73. The summed E-state index contributed by atoms with van der Waals surface area (Å²) >= 11 is 1.63. The predicted octanol–water partition coefficient (Wildman–Crippen LogP) is 2.18. The third-order valence-corrected chi connectivity index (χ3v) is 6.08. The molecule has 0 radical (unpaired) electrons. The first kappa shape index (κ1) is 16.3. The van der Waals surface area contributed by atoms with Crippen molar-refractivity contribution in [2.45, 2.75) is 25.7 Å². The molecule has 0 aliphatic rings. The molecule has 6 heteroatoms. The van der Waals surface area contributed by atoms with E-state index in [-0.39, 0.29) is 0 Å². The lowest BCUT2D eigenvalue weighted by molar-refractivity contribution is 0.487. The summed E-state index contributed by atoms with van der Waals surface area (Å²) in [5, 5.41) is 0. The number of benzene rings is 1. The number of nitrogens with zero attached hydrogens (tertiary/aromatic N) is 1. The van der Waals surface area contributed by atoms with Crippen molar-refractivity contribution in [1.29, 1.82) is 0 Å². The Morgan fingerprint density at radius 1 is 1.26 bits per heavy atom. The molecule has 1 rings (SSSR count). The second-order valence-electron chi connectivity index (χ2n) is 4.68. The number of rotatable bonds is 5. The van der Waals surface area contributed by atoms with E-state index in [2.05, 4.69) is 0 Å². The molecular formula is C13H22N2O2S2. The van der Waals surface area contributed by atoms with Crippen LogP contribution in [0.3, 0.4) is 0 Å². The molecule has 0 fully saturated rings. The molecule has 0 aliphatic carbocycles. The van der Waals surface area contributed by atoms with Gasteiger partial charge in [0.1, 0.15) is 0 Å². The number of anilines is 1. The van der Waals surface area contributed by atoms with E-state index in [0.717, 1.165) is 16.9 Å². The van der Waals surface area contributed by atoms with Crippen LogP contribution in [0, 0.1) is 20.8 Å². The van der Waals surface area contributed by atoms with Crippen molar-refractivity contribution < 1.29 is 8.42 Å². The number of nitrogens with two attached hydrogens (primary N) is 1. The largest absolute Gasteiger partial charge is 0.398 e. The molecule has 2 N–H and O–H groups in total. The van der Waals surface area contributed by atoms with Crippen molar-refractivity contribution in [2.75, 3.05) is 31.3 Å². The molecule has 0 spiro atoms. The molecule has 0 heterocycles. The minimum atomic E-state index is -3.48. The lowest BCUT2D eigenvalue weighted by Gasteiger charge is -2.21. The summed E-state index contributed by atoms with van der Waals surface area (Å²) in [5.41, 5.74) is 8.75. The van der Waals surface area contributed by atoms with Crippen LogP contribution in [0.1, 0.15) is 16.7 Å². The molecule has 0 bridgehead atoms. The van der Waals surface area contributed by atoms with Crippen LogP contribution in [0.15, 0.2) is 11.0 Å². The average molecular weight is 302 g/mol. The van der Waals surface area contributed by atoms with Gasteiger partial charge in [0.05, 0.1) is 4.90 Å². The van der Waals surface area contributed by atoms with E-state index in [4.69, 9.17) is 5.73 Å². The van der Waals surface area contributed by atoms with Crippen LogP contribution in [0.5, 0.6) is 0 Å². The lowest BCUT2D eigenvalue weighted by atomic mass is 10.1. The molecule has 108 valence electrons. The van der Waals surface area contributed by atoms with Crippen molar-refractivity contribution in [3.05, 3.63) is 22.8 Å². The maximum atomic E-state index is 12.6. The van der Waals surface area contributed by atoms with Gasteiger partial charge in [0.25, 0.3) is 0 Å². The Morgan fingerprint density at radius 2 is 1.84 bits per heavy atom. The van der Waals surface area contributed by atoms with Crippen LogP contribution in [0.4, 0.5) is 5.69 Å². The van der Waals surface area contributed by atoms with Gasteiger partial charge in [-0.15, -0.1) is 0 Å². The summed E-state index contributed by atoms with van der Waals surface area (Å²) in [6.07, 6.45) is 1.96. The zero-order valence-electron chi connectivity index (χ0n) is 12.1. The fourth-order valence-corrected chi connectivity index (χ4v) is 4.19. The summed E-state index contributed by atoms with van der Waals surface area (Å²) in [6, 6.07) is 1.82. The summed E-state index contributed by atoms with van der Waals surface area (Å²) in [5.74, 6) is 0.773. The van der Waals surface area contributed by atoms with E-state index in [0.29, 0.717) is 22.7 Å². The number of thioether (sulfide) groups is 1. The minimum Gasteiger partial charge on any atom is -0.398 e. The first-order valence-corrected chi connectivity index (χ1v) is 8.88. The first-order valence-electron chi connectivity index (χ1n) is 6.05. The SMILES string of the molecule is CSCCN(C)S(=O)(=O)c1c(C)c(C)cc(N)c1C. The second kappa shape index (κ2) is 6.15. The molecule has 19 heavy (non-hydrogen) atoms. The maximum absolute atomic E-state index is 12.6. The third-order valence-electron chi connectivity index (χ3n) is 3.36. The number of sulfonamides is 1. The molecule has 0 unspecified atom stereocenters. The Kier molecular flexibility index (Phi) is 5.29. The highest BCUT2D eigenvalue weighted by Gasteiger charge is 2.26. The van der Waals surface area contributed by atoms with Crippen LogP contribution in [-0.2, 0) is 10.0 Å². The van der Waals surface area contributed by atoms with E-state index in [9.17, 15) is 8.42 Å². The minimum absolute atomic E-state index is 0.355. The van der Waals surface area contributed by atoms with Crippen LogP contribution in [-0.4, -0.2) is 38.3 Å². The van der Waals surface area contributed by atoms with Crippen molar-refractivity contribution in [3.8, 4) is 0 Å². The smallest absolute Gasteiger partial charge is 0.243 e. The van der Waals surface area contributed by atoms with Gasteiger partial charge in [-0.2, -0.15) is 11.8 Å². The van der Waals surface area contributed by atoms with Gasteiger partial charge in [-0.1, -0.05) is 0 Å². The highest BCUT2D eigenvalue weighted by atomic mass is 32.2. The van der Waals surface area contributed by atoms with Crippen molar-refractivity contribution in [2.24, 2.45) is 0 Å². The van der Waals surface area contributed by atoms with E-state index < -0.39 is 10.0 Å². The van der Waals surface area contributed by atoms with E-state index in [1.54, 1.807) is 25.7 Å². The quantitative estimate of drug-likeness (QED) is 0.847. The van der Waals surface area contributed by atoms with Gasteiger partial charge >= 0.3 is 0 Å². The predicted molar refractivity (Wildman–Crippen MR) is 83.3 cm³/mol. The van der Waals surface area contributed by atoms with Gasteiger partial charge < -0.3 is 5.73 Å². The summed E-state index contributed by atoms with van der Waals surface area (Å²) in [4.78, 5) is 0.355. The number of aryl methyl sites for hydroxylation is 1. The molecule has 1 aromatic carbocycles. The van der Waals surface area contributed by atoms with E-state index >= 15 is 0 Å². The Bertz CT molecular complexity index is 542. The molecule has 4 nitrogen and oxygen atoms in total. The number of nitrogen functional groups attached to an aromatic ring is 1. The molecule has 0 atom stereocenters. The van der Waals surface area contributed by atoms with Gasteiger partial charge in [0.2, 0.25) is 10.0 Å². The lowest BCUT2D eigenvalue weighted by Crippen LogP contribution is -2.30. The van der Waals surface area contributed by atoms with Crippen molar-refractivity contribution >= 4 is 27.5 Å². The molecule has 0 saturated heterocycles. The molecule has 0 aromatic heterocycles. The standard InChI is InChI=1S/C13H22N2O2S2/c1-9-8-12(14)11(3)13(10(9)2)19(16,17)15(4)6-7-18-5/h8H,6-7,14H2,1-5H3. The molecule has 0 amide bonds. The highest BCUT2D eigenvalue weighted by molar-refractivity contribution is 7.98. The average Bonchev–Trinajstić information content (AvgIpc) is 2.33.